The highest BCUT2D eigenvalue weighted by Crippen LogP contribution is 2.27. The Kier molecular flexibility index (Phi) is 3.28. The summed E-state index contributed by atoms with van der Waals surface area (Å²) in [7, 11) is -4.37. The Morgan fingerprint density at radius 3 is 2.35 bits per heavy atom. The van der Waals surface area contributed by atoms with Gasteiger partial charge in [-0.1, -0.05) is 5.16 Å². The fourth-order valence-corrected chi connectivity index (χ4v) is 3.01. The third-order valence-corrected chi connectivity index (χ3v) is 4.80. The molecule has 1 heterocycles. The van der Waals surface area contributed by atoms with Crippen molar-refractivity contribution in [1.29, 1.82) is 0 Å². The van der Waals surface area contributed by atoms with Crippen LogP contribution in [0.3, 0.4) is 0 Å². The van der Waals surface area contributed by atoms with Crippen LogP contribution in [0, 0.1) is 13.8 Å². The molecule has 17 heavy (non-hydrogen) atoms. The minimum atomic E-state index is -4.37. The predicted octanol–water partition coefficient (Wildman–Crippen LogP) is -1.24. The van der Waals surface area contributed by atoms with Crippen LogP contribution in [-0.4, -0.2) is 36.1 Å². The van der Waals surface area contributed by atoms with Crippen LogP contribution < -0.4 is 11.5 Å². The van der Waals surface area contributed by atoms with Crippen LogP contribution in [0.5, 0.6) is 0 Å². The SMILES string of the molecule is Cc1noc(C)c1S(=O)(=O)C(N)(CN)C(=O)O. The quantitative estimate of drug-likeness (QED) is 0.610. The van der Waals surface area contributed by atoms with Gasteiger partial charge in [0, 0.05) is 6.54 Å². The summed E-state index contributed by atoms with van der Waals surface area (Å²) in [4.78, 5) is 8.07. The third-order valence-electron chi connectivity index (χ3n) is 2.38. The molecule has 0 saturated heterocycles. The summed E-state index contributed by atoms with van der Waals surface area (Å²) in [6.45, 7) is 1.97. The first-order chi connectivity index (χ1) is 7.68. The van der Waals surface area contributed by atoms with Crippen molar-refractivity contribution in [3.8, 4) is 0 Å². The van der Waals surface area contributed by atoms with Crippen LogP contribution >= 0.6 is 0 Å². The van der Waals surface area contributed by atoms with E-state index in [9.17, 15) is 13.2 Å². The van der Waals surface area contributed by atoms with Crippen molar-refractivity contribution in [1.82, 2.24) is 5.16 Å². The maximum atomic E-state index is 12.1. The lowest BCUT2D eigenvalue weighted by Gasteiger charge is -2.22. The van der Waals surface area contributed by atoms with Crippen molar-refractivity contribution in [2.75, 3.05) is 6.54 Å². The van der Waals surface area contributed by atoms with Crippen LogP contribution in [0.15, 0.2) is 9.42 Å². The minimum Gasteiger partial charge on any atom is -0.479 e. The molecule has 0 aliphatic heterocycles. The number of nitrogens with two attached hydrogens (primary N) is 2. The molecule has 1 unspecified atom stereocenters. The second-order valence-electron chi connectivity index (χ2n) is 3.56. The van der Waals surface area contributed by atoms with Gasteiger partial charge in [-0.05, 0) is 13.8 Å². The summed E-state index contributed by atoms with van der Waals surface area (Å²) in [6.07, 6.45) is 0. The Hall–Kier alpha value is -1.45. The number of aryl methyl sites for hydroxylation is 2. The van der Waals surface area contributed by atoms with Gasteiger partial charge in [0.25, 0.3) is 0 Å². The second kappa shape index (κ2) is 4.09. The van der Waals surface area contributed by atoms with Gasteiger partial charge in [0.2, 0.25) is 14.7 Å². The number of nitrogens with zero attached hydrogens (tertiary/aromatic N) is 1. The molecular weight excluding hydrogens is 250 g/mol. The van der Waals surface area contributed by atoms with Gasteiger partial charge in [-0.15, -0.1) is 0 Å². The molecule has 96 valence electrons. The highest BCUT2D eigenvalue weighted by atomic mass is 32.2. The topological polar surface area (TPSA) is 150 Å². The van der Waals surface area contributed by atoms with Crippen LogP contribution in [0.25, 0.3) is 0 Å². The fourth-order valence-electron chi connectivity index (χ4n) is 1.35. The minimum absolute atomic E-state index is 0.0213. The van der Waals surface area contributed by atoms with Crippen LogP contribution in [0.2, 0.25) is 0 Å². The smallest absolute Gasteiger partial charge is 0.341 e. The summed E-state index contributed by atoms with van der Waals surface area (Å²) in [5.74, 6) is -1.74. The van der Waals surface area contributed by atoms with Gasteiger partial charge in [0.15, 0.2) is 5.76 Å². The average Bonchev–Trinajstić information content (AvgIpc) is 2.56. The lowest BCUT2D eigenvalue weighted by molar-refractivity contribution is -0.139. The lowest BCUT2D eigenvalue weighted by atomic mass is 10.3. The van der Waals surface area contributed by atoms with E-state index in [1.165, 1.54) is 13.8 Å². The maximum Gasteiger partial charge on any atom is 0.341 e. The van der Waals surface area contributed by atoms with Gasteiger partial charge < -0.3 is 21.1 Å². The van der Waals surface area contributed by atoms with Crippen LogP contribution in [-0.2, 0) is 14.6 Å². The number of aliphatic carboxylic acids is 1. The first-order valence-electron chi connectivity index (χ1n) is 4.58. The number of hydrogen-bond donors (Lipinski definition) is 3. The lowest BCUT2D eigenvalue weighted by Crippen LogP contribution is -2.59. The Labute approximate surface area is 97.5 Å². The van der Waals surface area contributed by atoms with Gasteiger partial charge in [-0.2, -0.15) is 0 Å². The van der Waals surface area contributed by atoms with E-state index in [-0.39, 0.29) is 16.3 Å². The Bertz CT molecular complexity index is 530. The van der Waals surface area contributed by atoms with Crippen molar-refractivity contribution in [3.05, 3.63) is 11.5 Å². The fraction of sp³-hybridized carbons (Fsp3) is 0.500. The van der Waals surface area contributed by atoms with Crippen molar-refractivity contribution in [2.24, 2.45) is 11.5 Å². The van der Waals surface area contributed by atoms with Crippen molar-refractivity contribution in [2.45, 2.75) is 23.6 Å². The maximum absolute atomic E-state index is 12.1. The molecule has 8 nitrogen and oxygen atoms in total. The van der Waals surface area contributed by atoms with Gasteiger partial charge >= 0.3 is 5.97 Å². The number of sulfone groups is 1. The molecule has 0 radical (unpaired) electrons. The zero-order valence-electron chi connectivity index (χ0n) is 9.30. The van der Waals surface area contributed by atoms with E-state index in [0.717, 1.165) is 0 Å². The van der Waals surface area contributed by atoms with E-state index < -0.39 is 27.2 Å². The molecule has 1 rings (SSSR count). The number of aromatic nitrogens is 1. The number of rotatable bonds is 4. The molecule has 1 atom stereocenters. The average molecular weight is 263 g/mol. The largest absolute Gasteiger partial charge is 0.479 e. The summed E-state index contributed by atoms with van der Waals surface area (Å²) in [5, 5.41) is 12.4. The van der Waals surface area contributed by atoms with E-state index in [2.05, 4.69) is 9.68 Å². The summed E-state index contributed by atoms with van der Waals surface area (Å²) >= 11 is 0. The molecule has 0 aliphatic carbocycles. The molecule has 0 aromatic carbocycles. The Morgan fingerprint density at radius 2 is 2.06 bits per heavy atom. The molecule has 0 bridgehead atoms. The zero-order valence-corrected chi connectivity index (χ0v) is 10.1. The standard InChI is InChI=1S/C8H13N3O5S/c1-4-6(5(2)16-11-4)17(14,15)8(10,3-9)7(12)13/h3,9-10H2,1-2H3,(H,12,13). The monoisotopic (exact) mass is 263 g/mol. The number of carboxylic acid groups (broad SMARTS) is 1. The van der Waals surface area contributed by atoms with Crippen molar-refractivity contribution < 1.29 is 22.8 Å². The van der Waals surface area contributed by atoms with Gasteiger partial charge in [0.1, 0.15) is 4.90 Å². The molecule has 0 spiro atoms. The highest BCUT2D eigenvalue weighted by molar-refractivity contribution is 7.93. The normalized spacial score (nSPS) is 15.5. The van der Waals surface area contributed by atoms with E-state index in [0.29, 0.717) is 0 Å². The molecule has 0 aliphatic rings. The van der Waals surface area contributed by atoms with Crippen molar-refractivity contribution >= 4 is 15.8 Å². The van der Waals surface area contributed by atoms with Crippen molar-refractivity contribution in [3.63, 3.8) is 0 Å². The summed E-state index contributed by atoms with van der Waals surface area (Å²) in [5.41, 5.74) is 10.6. The molecule has 0 amide bonds. The first-order valence-corrected chi connectivity index (χ1v) is 6.06. The number of carboxylic acids is 1. The molecule has 0 saturated carbocycles. The molecule has 0 fully saturated rings. The molecule has 1 aromatic rings. The zero-order chi connectivity index (χ0) is 13.4. The van der Waals surface area contributed by atoms with Crippen LogP contribution in [0.4, 0.5) is 0 Å². The Morgan fingerprint density at radius 1 is 1.53 bits per heavy atom. The summed E-state index contributed by atoms with van der Waals surface area (Å²) in [6, 6.07) is 0. The third kappa shape index (κ3) is 1.81. The second-order valence-corrected chi connectivity index (χ2v) is 5.70. The van der Waals surface area contributed by atoms with Crippen LogP contribution in [0.1, 0.15) is 11.5 Å². The van der Waals surface area contributed by atoms with E-state index in [4.69, 9.17) is 16.6 Å². The molecule has 9 heteroatoms. The molecule has 5 N–H and O–H groups in total. The number of hydrogen-bond acceptors (Lipinski definition) is 7. The van der Waals surface area contributed by atoms with Gasteiger partial charge in [-0.3, -0.25) is 0 Å². The van der Waals surface area contributed by atoms with E-state index >= 15 is 0 Å². The van der Waals surface area contributed by atoms with Gasteiger partial charge in [-0.25, -0.2) is 13.2 Å². The predicted molar refractivity (Wildman–Crippen MR) is 56.8 cm³/mol. The van der Waals surface area contributed by atoms with E-state index in [1.54, 1.807) is 0 Å². The Balaban J connectivity index is 3.54. The molecular formula is C8H13N3O5S. The number of carbonyl (C=O) groups is 1. The highest BCUT2D eigenvalue weighted by Gasteiger charge is 2.49. The first kappa shape index (κ1) is 13.6. The molecule has 1 aromatic heterocycles. The summed E-state index contributed by atoms with van der Waals surface area (Å²) < 4.78 is 29.0. The van der Waals surface area contributed by atoms with E-state index in [1.807, 2.05) is 0 Å². The van der Waals surface area contributed by atoms with Gasteiger partial charge in [0.05, 0.1) is 5.69 Å².